The van der Waals surface area contributed by atoms with Crippen LogP contribution in [0.25, 0.3) is 0 Å². The van der Waals surface area contributed by atoms with E-state index in [1.54, 1.807) is 55.6 Å². The number of methoxy groups -OCH3 is 1. The Labute approximate surface area is 186 Å². The lowest BCUT2D eigenvalue weighted by Crippen LogP contribution is -2.62. The van der Waals surface area contributed by atoms with E-state index in [1.807, 2.05) is 31.2 Å². The van der Waals surface area contributed by atoms with E-state index in [4.69, 9.17) is 4.74 Å². The average Bonchev–Trinajstić information content (AvgIpc) is 2.83. The fraction of sp³-hybridized carbons (Fsp3) is 0.200. The number of hydrogen-bond acceptors (Lipinski definition) is 4. The van der Waals surface area contributed by atoms with Gasteiger partial charge in [0.1, 0.15) is 5.75 Å². The van der Waals surface area contributed by atoms with Crippen LogP contribution in [0, 0.1) is 0 Å². The highest BCUT2D eigenvalue weighted by molar-refractivity contribution is 6.11. The summed E-state index contributed by atoms with van der Waals surface area (Å²) in [6.45, 7) is 2.21. The van der Waals surface area contributed by atoms with Crippen LogP contribution in [-0.2, 0) is 23.5 Å². The highest BCUT2D eigenvalue weighted by atomic mass is 16.5. The first-order valence-corrected chi connectivity index (χ1v) is 10.4. The van der Waals surface area contributed by atoms with Crippen molar-refractivity contribution in [3.8, 4) is 5.75 Å². The van der Waals surface area contributed by atoms with E-state index in [9.17, 15) is 14.7 Å². The van der Waals surface area contributed by atoms with Crippen molar-refractivity contribution in [2.45, 2.75) is 25.6 Å². The first-order valence-electron chi connectivity index (χ1n) is 10.4. The average molecular weight is 431 g/mol. The third kappa shape index (κ3) is 3.78. The van der Waals surface area contributed by atoms with Crippen LogP contribution >= 0.6 is 0 Å². The Balaban J connectivity index is 1.70. The molecule has 1 aliphatic rings. The number of fused-ring (bicyclic) bond motifs is 1. The normalized spacial score (nSPS) is 17.3. The van der Waals surface area contributed by atoms with Gasteiger partial charge in [0.25, 0.3) is 11.6 Å². The van der Waals surface area contributed by atoms with Crippen LogP contribution in [0.4, 0.5) is 16.2 Å². The Bertz CT molecular complexity index is 1130. The van der Waals surface area contributed by atoms with E-state index in [0.717, 1.165) is 22.4 Å². The number of ether oxygens (including phenoxy) is 1. The van der Waals surface area contributed by atoms with Gasteiger partial charge in [-0.1, -0.05) is 49.4 Å². The van der Waals surface area contributed by atoms with Gasteiger partial charge in [0, 0.05) is 17.8 Å². The summed E-state index contributed by atoms with van der Waals surface area (Å²) in [5.41, 5.74) is 0.789. The number of carbonyl (C=O) groups excluding carboxylic acids is 2. The topological polar surface area (TPSA) is 90.9 Å². The lowest BCUT2D eigenvalue weighted by Gasteiger charge is -2.42. The summed E-state index contributed by atoms with van der Waals surface area (Å²) in [5, 5.41) is 17.3. The maximum atomic E-state index is 13.4. The molecule has 0 saturated carbocycles. The molecular weight excluding hydrogens is 406 g/mol. The van der Waals surface area contributed by atoms with E-state index >= 15 is 0 Å². The number of rotatable bonds is 6. The molecule has 0 fully saturated rings. The standard InChI is InChI=1S/C25H25N3O4/c1-3-17-8-12-19(13-9-17)28-24(30)27-22-7-5-4-6-21(22)25(28,31)23(29)26-16-18-10-14-20(32-2)15-11-18/h4-15,31H,3,16H2,1-2H3,(H,26,29)(H,27,30). The number of aliphatic hydroxyl groups is 1. The summed E-state index contributed by atoms with van der Waals surface area (Å²) < 4.78 is 5.16. The van der Waals surface area contributed by atoms with Crippen molar-refractivity contribution in [3.05, 3.63) is 89.5 Å². The van der Waals surface area contributed by atoms with Gasteiger partial charge in [-0.2, -0.15) is 0 Å². The molecule has 1 aliphatic heterocycles. The largest absolute Gasteiger partial charge is 0.497 e. The van der Waals surface area contributed by atoms with Gasteiger partial charge in [-0.05, 0) is 47.9 Å². The predicted octanol–water partition coefficient (Wildman–Crippen LogP) is 3.77. The van der Waals surface area contributed by atoms with Crippen LogP contribution in [-0.4, -0.2) is 24.2 Å². The Morgan fingerprint density at radius 3 is 2.34 bits per heavy atom. The van der Waals surface area contributed by atoms with Crippen LogP contribution in [0.1, 0.15) is 23.6 Å². The van der Waals surface area contributed by atoms with Crippen molar-refractivity contribution in [1.82, 2.24) is 5.32 Å². The lowest BCUT2D eigenvalue weighted by molar-refractivity contribution is -0.140. The molecular formula is C25H25N3O4. The number of aryl methyl sites for hydroxylation is 1. The minimum atomic E-state index is -2.22. The van der Waals surface area contributed by atoms with Crippen LogP contribution in [0.5, 0.6) is 5.75 Å². The van der Waals surface area contributed by atoms with Crippen molar-refractivity contribution < 1.29 is 19.4 Å². The molecule has 3 N–H and O–H groups in total. The van der Waals surface area contributed by atoms with E-state index < -0.39 is 17.7 Å². The lowest BCUT2D eigenvalue weighted by atomic mass is 9.94. The summed E-state index contributed by atoms with van der Waals surface area (Å²) in [7, 11) is 1.58. The van der Waals surface area contributed by atoms with Crippen LogP contribution < -0.4 is 20.3 Å². The van der Waals surface area contributed by atoms with E-state index in [2.05, 4.69) is 10.6 Å². The number of para-hydroxylation sites is 1. The Hall–Kier alpha value is -3.84. The summed E-state index contributed by atoms with van der Waals surface area (Å²) in [5.74, 6) is 0.00784. The predicted molar refractivity (Wildman–Crippen MR) is 122 cm³/mol. The van der Waals surface area contributed by atoms with Crippen molar-refractivity contribution in [2.75, 3.05) is 17.3 Å². The number of anilines is 2. The molecule has 32 heavy (non-hydrogen) atoms. The Morgan fingerprint density at radius 2 is 1.69 bits per heavy atom. The number of nitrogens with zero attached hydrogens (tertiary/aromatic N) is 1. The fourth-order valence-corrected chi connectivity index (χ4v) is 3.79. The smallest absolute Gasteiger partial charge is 0.329 e. The second-order valence-corrected chi connectivity index (χ2v) is 7.53. The van der Waals surface area contributed by atoms with E-state index in [-0.39, 0.29) is 6.54 Å². The molecule has 1 unspecified atom stereocenters. The number of amides is 3. The van der Waals surface area contributed by atoms with E-state index in [0.29, 0.717) is 22.7 Å². The number of benzene rings is 3. The second-order valence-electron chi connectivity index (χ2n) is 7.53. The van der Waals surface area contributed by atoms with Gasteiger partial charge < -0.3 is 20.5 Å². The molecule has 1 atom stereocenters. The summed E-state index contributed by atoms with van der Waals surface area (Å²) in [6, 6.07) is 20.6. The molecule has 3 amide bonds. The summed E-state index contributed by atoms with van der Waals surface area (Å²) in [4.78, 5) is 27.6. The maximum absolute atomic E-state index is 13.4. The zero-order valence-electron chi connectivity index (χ0n) is 18.0. The van der Waals surface area contributed by atoms with Crippen molar-refractivity contribution >= 4 is 23.3 Å². The summed E-state index contributed by atoms with van der Waals surface area (Å²) >= 11 is 0. The molecule has 1 heterocycles. The molecule has 4 rings (SSSR count). The highest BCUT2D eigenvalue weighted by Crippen LogP contribution is 2.39. The second kappa shape index (κ2) is 8.72. The SMILES string of the molecule is CCc1ccc(N2C(=O)Nc3ccccc3C2(O)C(=O)NCc2ccc(OC)cc2)cc1. The first kappa shape index (κ1) is 21.4. The van der Waals surface area contributed by atoms with Gasteiger partial charge in [0.2, 0.25) is 0 Å². The monoisotopic (exact) mass is 431 g/mol. The molecule has 7 heteroatoms. The quantitative estimate of drug-likeness (QED) is 0.554. The van der Waals surface area contributed by atoms with Crippen molar-refractivity contribution in [2.24, 2.45) is 0 Å². The number of urea groups is 1. The third-order valence-corrected chi connectivity index (χ3v) is 5.60. The molecule has 0 radical (unpaired) electrons. The van der Waals surface area contributed by atoms with Gasteiger partial charge in [0.05, 0.1) is 12.8 Å². The van der Waals surface area contributed by atoms with Crippen molar-refractivity contribution in [1.29, 1.82) is 0 Å². The molecule has 7 nitrogen and oxygen atoms in total. The zero-order chi connectivity index (χ0) is 22.7. The van der Waals surface area contributed by atoms with Gasteiger partial charge in [-0.3, -0.25) is 9.69 Å². The molecule has 3 aromatic carbocycles. The molecule has 0 aromatic heterocycles. The molecule has 3 aromatic rings. The third-order valence-electron chi connectivity index (χ3n) is 5.60. The minimum absolute atomic E-state index is 0.178. The zero-order valence-corrected chi connectivity index (χ0v) is 18.0. The van der Waals surface area contributed by atoms with Gasteiger partial charge in [0.15, 0.2) is 0 Å². The van der Waals surface area contributed by atoms with Gasteiger partial charge >= 0.3 is 6.03 Å². The molecule has 0 saturated heterocycles. The van der Waals surface area contributed by atoms with Crippen LogP contribution in [0.15, 0.2) is 72.8 Å². The maximum Gasteiger partial charge on any atom is 0.329 e. The Kier molecular flexibility index (Phi) is 5.83. The van der Waals surface area contributed by atoms with Gasteiger partial charge in [-0.15, -0.1) is 0 Å². The molecule has 0 spiro atoms. The minimum Gasteiger partial charge on any atom is -0.497 e. The van der Waals surface area contributed by atoms with Crippen molar-refractivity contribution in [3.63, 3.8) is 0 Å². The number of nitrogens with one attached hydrogen (secondary N) is 2. The van der Waals surface area contributed by atoms with Crippen LogP contribution in [0.3, 0.4) is 0 Å². The fourth-order valence-electron chi connectivity index (χ4n) is 3.79. The van der Waals surface area contributed by atoms with E-state index in [1.165, 1.54) is 0 Å². The Morgan fingerprint density at radius 1 is 1.03 bits per heavy atom. The summed E-state index contributed by atoms with van der Waals surface area (Å²) in [6.07, 6.45) is 0.835. The molecule has 164 valence electrons. The number of hydrogen-bond donors (Lipinski definition) is 3. The molecule has 0 aliphatic carbocycles. The molecule has 0 bridgehead atoms. The van der Waals surface area contributed by atoms with Crippen LogP contribution in [0.2, 0.25) is 0 Å². The highest BCUT2D eigenvalue weighted by Gasteiger charge is 2.51. The number of carbonyl (C=O) groups is 2. The van der Waals surface area contributed by atoms with Gasteiger partial charge in [-0.25, -0.2) is 4.79 Å². The first-order chi connectivity index (χ1) is 15.5.